The zero-order valence-electron chi connectivity index (χ0n) is 21.7. The maximum atomic E-state index is 6.33. The summed E-state index contributed by atoms with van der Waals surface area (Å²) in [6, 6.07) is 29.2. The first kappa shape index (κ1) is 22.0. The first-order valence-electron chi connectivity index (χ1n) is 13.0. The number of para-hydroxylation sites is 4. The molecule has 0 bridgehead atoms. The van der Waals surface area contributed by atoms with Gasteiger partial charge in [0.15, 0.2) is 0 Å². The molecule has 7 aromatic rings. The highest BCUT2D eigenvalue weighted by atomic mass is 16.7. The summed E-state index contributed by atoms with van der Waals surface area (Å²) in [6.45, 7) is 8.30. The predicted octanol–water partition coefficient (Wildman–Crippen LogP) is 6.63. The number of fused-ring (bicyclic) bond motifs is 8. The number of nitrogens with zero attached hydrogens (tertiary/aromatic N) is 3. The van der Waals surface area contributed by atoms with Gasteiger partial charge in [-0.25, -0.2) is 4.98 Å². The minimum atomic E-state index is -0.428. The predicted molar refractivity (Wildman–Crippen MR) is 153 cm³/mol. The monoisotopic (exact) mass is 499 g/mol. The van der Waals surface area contributed by atoms with Crippen LogP contribution in [-0.4, -0.2) is 32.3 Å². The molecule has 38 heavy (non-hydrogen) atoms. The molecule has 1 aliphatic rings. The van der Waals surface area contributed by atoms with Crippen LogP contribution in [0.15, 0.2) is 89.3 Å². The number of furan rings is 1. The van der Waals surface area contributed by atoms with Crippen LogP contribution in [0.2, 0.25) is 0 Å². The Kier molecular flexibility index (Phi) is 4.21. The third kappa shape index (κ3) is 2.88. The highest BCUT2D eigenvalue weighted by Gasteiger charge is 2.51. The normalized spacial score (nSPS) is 17.1. The van der Waals surface area contributed by atoms with Gasteiger partial charge in [0.05, 0.1) is 39.0 Å². The van der Waals surface area contributed by atoms with Gasteiger partial charge in [0.2, 0.25) is 5.78 Å². The highest BCUT2D eigenvalue weighted by molar-refractivity contribution is 6.62. The molecule has 0 spiro atoms. The van der Waals surface area contributed by atoms with E-state index in [-0.39, 0.29) is 0 Å². The van der Waals surface area contributed by atoms with Crippen molar-refractivity contribution in [2.24, 2.45) is 0 Å². The molecule has 0 atom stereocenters. The minimum absolute atomic E-state index is 0.396. The number of benzene rings is 4. The van der Waals surface area contributed by atoms with Crippen LogP contribution >= 0.6 is 0 Å². The second-order valence-electron chi connectivity index (χ2n) is 11.2. The molecule has 0 aliphatic carbocycles. The molecule has 4 heterocycles. The molecule has 186 valence electrons. The fourth-order valence-electron chi connectivity index (χ4n) is 5.65. The average molecular weight is 499 g/mol. The fourth-order valence-corrected chi connectivity index (χ4v) is 5.65. The summed E-state index contributed by atoms with van der Waals surface area (Å²) in [5.41, 5.74) is 7.20. The maximum Gasteiger partial charge on any atom is 0.494 e. The van der Waals surface area contributed by atoms with Crippen LogP contribution in [0.3, 0.4) is 0 Å². The summed E-state index contributed by atoms with van der Waals surface area (Å²) in [5, 5.41) is 2.08. The summed E-state index contributed by atoms with van der Waals surface area (Å²) in [5.74, 6) is 0.887. The molecule has 0 radical (unpaired) electrons. The molecular weight excluding hydrogens is 473 g/mol. The molecule has 1 fully saturated rings. The average Bonchev–Trinajstić information content (AvgIpc) is 3.60. The molecule has 1 saturated heterocycles. The standard InChI is InChI=1S/C31H26BN3O3/c1-30(2)31(3,4)38-32(37-30)19-13-15-27-21(17-19)22-18-20(14-16-28(22)36-27)34-25-11-7-8-12-26(25)35-24-10-6-5-9-23(24)33-29(34)35/h5-18H,1-4H3. The van der Waals surface area contributed by atoms with Crippen LogP contribution in [0.1, 0.15) is 27.7 Å². The Bertz CT molecular complexity index is 2050. The van der Waals surface area contributed by atoms with Crippen LogP contribution in [0.4, 0.5) is 0 Å². The van der Waals surface area contributed by atoms with Crippen LogP contribution < -0.4 is 5.46 Å². The van der Waals surface area contributed by atoms with Gasteiger partial charge in [0.25, 0.3) is 0 Å². The number of hydrogen-bond donors (Lipinski definition) is 0. The van der Waals surface area contributed by atoms with E-state index >= 15 is 0 Å². The van der Waals surface area contributed by atoms with Crippen molar-refractivity contribution in [2.45, 2.75) is 38.9 Å². The lowest BCUT2D eigenvalue weighted by Crippen LogP contribution is -2.41. The van der Waals surface area contributed by atoms with Crippen molar-refractivity contribution in [2.75, 3.05) is 0 Å². The van der Waals surface area contributed by atoms with Gasteiger partial charge in [0.1, 0.15) is 11.2 Å². The van der Waals surface area contributed by atoms with Gasteiger partial charge in [0, 0.05) is 10.8 Å². The second-order valence-corrected chi connectivity index (χ2v) is 11.2. The first-order chi connectivity index (χ1) is 18.3. The largest absolute Gasteiger partial charge is 0.494 e. The Balaban J connectivity index is 1.35. The second kappa shape index (κ2) is 7.28. The van der Waals surface area contributed by atoms with Crippen molar-refractivity contribution in [3.63, 3.8) is 0 Å². The topological polar surface area (TPSA) is 53.8 Å². The minimum Gasteiger partial charge on any atom is -0.456 e. The van der Waals surface area contributed by atoms with Crippen molar-refractivity contribution >= 4 is 62.4 Å². The van der Waals surface area contributed by atoms with E-state index in [1.54, 1.807) is 0 Å². The number of hydrogen-bond acceptors (Lipinski definition) is 4. The Morgan fingerprint density at radius 2 is 1.32 bits per heavy atom. The lowest BCUT2D eigenvalue weighted by Gasteiger charge is -2.32. The van der Waals surface area contributed by atoms with E-state index in [2.05, 4.69) is 97.3 Å². The van der Waals surface area contributed by atoms with Crippen molar-refractivity contribution in [3.8, 4) is 5.69 Å². The molecule has 0 saturated carbocycles. The Labute approximate surface area is 219 Å². The van der Waals surface area contributed by atoms with E-state index in [1.165, 1.54) is 0 Å². The summed E-state index contributed by atoms with van der Waals surface area (Å²) >= 11 is 0. The van der Waals surface area contributed by atoms with E-state index in [9.17, 15) is 0 Å². The zero-order chi connectivity index (χ0) is 25.8. The summed E-state index contributed by atoms with van der Waals surface area (Å²) in [7, 11) is -0.428. The van der Waals surface area contributed by atoms with Crippen molar-refractivity contribution in [3.05, 3.63) is 84.9 Å². The van der Waals surface area contributed by atoms with Gasteiger partial charge >= 0.3 is 7.12 Å². The molecule has 7 heteroatoms. The number of rotatable bonds is 2. The van der Waals surface area contributed by atoms with E-state index in [0.29, 0.717) is 0 Å². The highest BCUT2D eigenvalue weighted by Crippen LogP contribution is 2.38. The first-order valence-corrected chi connectivity index (χ1v) is 13.0. The third-order valence-electron chi connectivity index (χ3n) is 8.37. The Morgan fingerprint density at radius 1 is 0.684 bits per heavy atom. The molecule has 8 rings (SSSR count). The van der Waals surface area contributed by atoms with Crippen molar-refractivity contribution in [1.82, 2.24) is 14.0 Å². The van der Waals surface area contributed by atoms with Gasteiger partial charge in [-0.1, -0.05) is 36.4 Å². The van der Waals surface area contributed by atoms with E-state index in [0.717, 1.165) is 60.9 Å². The van der Waals surface area contributed by atoms with Gasteiger partial charge < -0.3 is 13.7 Å². The molecule has 0 unspecified atom stereocenters. The van der Waals surface area contributed by atoms with Crippen LogP contribution in [-0.2, 0) is 9.31 Å². The van der Waals surface area contributed by atoms with Gasteiger partial charge in [-0.05, 0) is 81.7 Å². The van der Waals surface area contributed by atoms with Crippen LogP contribution in [0.5, 0.6) is 0 Å². The van der Waals surface area contributed by atoms with Crippen LogP contribution in [0, 0.1) is 0 Å². The molecule has 4 aromatic carbocycles. The van der Waals surface area contributed by atoms with Gasteiger partial charge in [-0.2, -0.15) is 0 Å². The number of aromatic nitrogens is 3. The summed E-state index contributed by atoms with van der Waals surface area (Å²) < 4.78 is 23.4. The van der Waals surface area contributed by atoms with Gasteiger partial charge in [-0.15, -0.1) is 0 Å². The Morgan fingerprint density at radius 3 is 2.08 bits per heavy atom. The molecule has 0 N–H and O–H groups in total. The van der Waals surface area contributed by atoms with Crippen LogP contribution in [0.25, 0.3) is 55.5 Å². The fraction of sp³-hybridized carbons (Fsp3) is 0.194. The zero-order valence-corrected chi connectivity index (χ0v) is 21.7. The summed E-state index contributed by atoms with van der Waals surface area (Å²) in [6.07, 6.45) is 0. The molecular formula is C31H26BN3O3. The van der Waals surface area contributed by atoms with E-state index in [4.69, 9.17) is 18.7 Å². The quantitative estimate of drug-likeness (QED) is 0.251. The third-order valence-corrected chi connectivity index (χ3v) is 8.37. The maximum absolute atomic E-state index is 6.33. The van der Waals surface area contributed by atoms with Gasteiger partial charge in [-0.3, -0.25) is 8.97 Å². The molecule has 6 nitrogen and oxygen atoms in total. The van der Waals surface area contributed by atoms with Crippen molar-refractivity contribution in [1.29, 1.82) is 0 Å². The lowest BCUT2D eigenvalue weighted by atomic mass is 9.78. The molecule has 0 amide bonds. The molecule has 3 aromatic heterocycles. The van der Waals surface area contributed by atoms with E-state index < -0.39 is 18.3 Å². The van der Waals surface area contributed by atoms with Crippen molar-refractivity contribution < 1.29 is 13.7 Å². The SMILES string of the molecule is CC1(C)OB(c2ccc3oc4ccc(-n5c6ccccc6n6c7ccccc7nc56)cc4c3c2)OC1(C)C. The van der Waals surface area contributed by atoms with E-state index in [1.807, 2.05) is 24.3 Å². The summed E-state index contributed by atoms with van der Waals surface area (Å²) in [4.78, 5) is 5.02. The Hall–Kier alpha value is -4.07. The lowest BCUT2D eigenvalue weighted by molar-refractivity contribution is 0.00578. The molecule has 1 aliphatic heterocycles. The number of imidazole rings is 2. The smallest absolute Gasteiger partial charge is 0.456 e.